The Bertz CT molecular complexity index is 754. The summed E-state index contributed by atoms with van der Waals surface area (Å²) >= 11 is 0. The lowest BCUT2D eigenvalue weighted by atomic mass is 10.2. The monoisotopic (exact) mass is 267 g/mol. The maximum Gasteiger partial charge on any atom is 0.356 e. The molecule has 7 nitrogen and oxygen atoms in total. The molecule has 0 fully saturated rings. The van der Waals surface area contributed by atoms with Crippen LogP contribution in [0, 0.1) is 0 Å². The fourth-order valence-corrected chi connectivity index (χ4v) is 1.70. The molecule has 0 aliphatic carbocycles. The van der Waals surface area contributed by atoms with Crippen LogP contribution in [0.3, 0.4) is 0 Å². The molecule has 0 bridgehead atoms. The van der Waals surface area contributed by atoms with E-state index >= 15 is 0 Å². The first-order valence-corrected chi connectivity index (χ1v) is 5.75. The van der Waals surface area contributed by atoms with Gasteiger partial charge in [0.2, 0.25) is 0 Å². The van der Waals surface area contributed by atoms with Crippen molar-refractivity contribution < 1.29 is 9.90 Å². The number of carbonyl (C=O) groups is 1. The van der Waals surface area contributed by atoms with E-state index in [1.54, 1.807) is 12.3 Å². The van der Waals surface area contributed by atoms with Gasteiger partial charge in [-0.15, -0.1) is 0 Å². The van der Waals surface area contributed by atoms with E-state index in [4.69, 9.17) is 5.11 Å². The van der Waals surface area contributed by atoms with Crippen molar-refractivity contribution in [3.8, 4) is 17.2 Å². The molecule has 0 unspecified atom stereocenters. The first-order chi connectivity index (χ1) is 9.74. The SMILES string of the molecule is O=C(O)c1cn(-c2cc(-c3ccccn3)ncn2)cn1. The standard InChI is InChI=1S/C13H9N5O2/c19-13(20)11-6-18(8-17-11)12-5-10(15-7-16-12)9-3-1-2-4-14-9/h1-8H,(H,19,20). The summed E-state index contributed by atoms with van der Waals surface area (Å²) in [5, 5.41) is 8.86. The van der Waals surface area contributed by atoms with Gasteiger partial charge in [0.05, 0.1) is 11.4 Å². The quantitative estimate of drug-likeness (QED) is 0.771. The van der Waals surface area contributed by atoms with Gasteiger partial charge in [0, 0.05) is 18.5 Å². The number of carboxylic acid groups (broad SMARTS) is 1. The lowest BCUT2D eigenvalue weighted by Crippen LogP contribution is -1.98. The van der Waals surface area contributed by atoms with Crippen LogP contribution in [0.25, 0.3) is 17.2 Å². The van der Waals surface area contributed by atoms with E-state index < -0.39 is 5.97 Å². The largest absolute Gasteiger partial charge is 0.476 e. The van der Waals surface area contributed by atoms with Crippen LogP contribution in [0.1, 0.15) is 10.5 Å². The average molecular weight is 267 g/mol. The van der Waals surface area contributed by atoms with Gasteiger partial charge in [-0.3, -0.25) is 9.55 Å². The topological polar surface area (TPSA) is 93.8 Å². The van der Waals surface area contributed by atoms with Crippen molar-refractivity contribution >= 4 is 5.97 Å². The third kappa shape index (κ3) is 2.24. The molecular formula is C13H9N5O2. The van der Waals surface area contributed by atoms with E-state index in [2.05, 4.69) is 19.9 Å². The summed E-state index contributed by atoms with van der Waals surface area (Å²) in [6.07, 6.45) is 5.87. The molecule has 0 atom stereocenters. The Labute approximate surface area is 113 Å². The minimum absolute atomic E-state index is 0.0389. The first-order valence-electron chi connectivity index (χ1n) is 5.75. The minimum Gasteiger partial charge on any atom is -0.476 e. The highest BCUT2D eigenvalue weighted by atomic mass is 16.4. The van der Waals surface area contributed by atoms with Crippen molar-refractivity contribution in [1.82, 2.24) is 24.5 Å². The molecule has 7 heteroatoms. The molecule has 3 heterocycles. The second-order valence-corrected chi connectivity index (χ2v) is 3.95. The van der Waals surface area contributed by atoms with Gasteiger partial charge in [-0.25, -0.2) is 19.7 Å². The molecule has 0 saturated carbocycles. The van der Waals surface area contributed by atoms with Crippen molar-refractivity contribution in [3.63, 3.8) is 0 Å². The van der Waals surface area contributed by atoms with Gasteiger partial charge in [0.25, 0.3) is 0 Å². The minimum atomic E-state index is -1.08. The van der Waals surface area contributed by atoms with E-state index in [-0.39, 0.29) is 5.69 Å². The molecule has 20 heavy (non-hydrogen) atoms. The van der Waals surface area contributed by atoms with E-state index in [1.807, 2.05) is 18.2 Å². The van der Waals surface area contributed by atoms with E-state index in [9.17, 15) is 4.79 Å². The smallest absolute Gasteiger partial charge is 0.356 e. The van der Waals surface area contributed by atoms with Crippen LogP contribution in [0.4, 0.5) is 0 Å². The number of hydrogen-bond donors (Lipinski definition) is 1. The summed E-state index contributed by atoms with van der Waals surface area (Å²) in [5.74, 6) is -0.552. The van der Waals surface area contributed by atoms with Crippen LogP contribution in [0.5, 0.6) is 0 Å². The maximum atomic E-state index is 10.8. The number of rotatable bonds is 3. The number of nitrogens with zero attached hydrogens (tertiary/aromatic N) is 5. The Morgan fingerprint density at radius 3 is 2.70 bits per heavy atom. The maximum absolute atomic E-state index is 10.8. The molecule has 0 saturated heterocycles. The van der Waals surface area contributed by atoms with Gasteiger partial charge >= 0.3 is 5.97 Å². The predicted octanol–water partition coefficient (Wildman–Crippen LogP) is 1.42. The van der Waals surface area contributed by atoms with Gasteiger partial charge in [0.15, 0.2) is 5.69 Å². The first kappa shape index (κ1) is 12.0. The Hall–Kier alpha value is -3.09. The predicted molar refractivity (Wildman–Crippen MR) is 69.3 cm³/mol. The third-order valence-electron chi connectivity index (χ3n) is 2.65. The Kier molecular flexibility index (Phi) is 2.92. The molecule has 0 amide bonds. The Morgan fingerprint density at radius 2 is 2.00 bits per heavy atom. The van der Waals surface area contributed by atoms with Crippen LogP contribution < -0.4 is 0 Å². The summed E-state index contributed by atoms with van der Waals surface area (Å²) in [6.45, 7) is 0. The second-order valence-electron chi connectivity index (χ2n) is 3.95. The van der Waals surface area contributed by atoms with E-state index in [0.29, 0.717) is 11.5 Å². The number of hydrogen-bond acceptors (Lipinski definition) is 5. The van der Waals surface area contributed by atoms with Crippen molar-refractivity contribution in [3.05, 3.63) is 55.0 Å². The van der Waals surface area contributed by atoms with Crippen molar-refractivity contribution in [2.75, 3.05) is 0 Å². The third-order valence-corrected chi connectivity index (χ3v) is 2.65. The summed E-state index contributed by atoms with van der Waals surface area (Å²) < 4.78 is 1.53. The number of pyridine rings is 1. The molecule has 3 aromatic rings. The number of aromatic nitrogens is 5. The fraction of sp³-hybridized carbons (Fsp3) is 0. The van der Waals surface area contributed by atoms with Gasteiger partial charge in [-0.2, -0.15) is 0 Å². The lowest BCUT2D eigenvalue weighted by molar-refractivity contribution is 0.0691. The van der Waals surface area contributed by atoms with Gasteiger partial charge in [-0.05, 0) is 12.1 Å². The van der Waals surface area contributed by atoms with Crippen LogP contribution in [-0.2, 0) is 0 Å². The number of carboxylic acids is 1. The molecule has 1 N–H and O–H groups in total. The Morgan fingerprint density at radius 1 is 1.10 bits per heavy atom. The molecule has 0 aromatic carbocycles. The van der Waals surface area contributed by atoms with Crippen LogP contribution in [0.15, 0.2) is 49.3 Å². The van der Waals surface area contributed by atoms with Crippen LogP contribution in [0.2, 0.25) is 0 Å². The van der Waals surface area contributed by atoms with Gasteiger partial charge in [-0.1, -0.05) is 6.07 Å². The van der Waals surface area contributed by atoms with E-state index in [0.717, 1.165) is 5.69 Å². The number of imidazole rings is 1. The second kappa shape index (κ2) is 4.88. The average Bonchev–Trinajstić information content (AvgIpc) is 2.98. The molecule has 0 aliphatic heterocycles. The van der Waals surface area contributed by atoms with Crippen molar-refractivity contribution in [1.29, 1.82) is 0 Å². The molecule has 0 spiro atoms. The Balaban J connectivity index is 2.01. The van der Waals surface area contributed by atoms with Crippen LogP contribution >= 0.6 is 0 Å². The van der Waals surface area contributed by atoms with Crippen molar-refractivity contribution in [2.24, 2.45) is 0 Å². The summed E-state index contributed by atoms with van der Waals surface area (Å²) in [7, 11) is 0. The highest BCUT2D eigenvalue weighted by Gasteiger charge is 2.09. The molecule has 3 aromatic heterocycles. The molecular weight excluding hydrogens is 258 g/mol. The molecule has 98 valence electrons. The normalized spacial score (nSPS) is 10.4. The summed E-state index contributed by atoms with van der Waals surface area (Å²) in [4.78, 5) is 27.1. The van der Waals surface area contributed by atoms with Crippen molar-refractivity contribution in [2.45, 2.75) is 0 Å². The zero-order chi connectivity index (χ0) is 13.9. The highest BCUT2D eigenvalue weighted by molar-refractivity contribution is 5.85. The highest BCUT2D eigenvalue weighted by Crippen LogP contribution is 2.15. The number of aromatic carboxylic acids is 1. The summed E-state index contributed by atoms with van der Waals surface area (Å²) in [6, 6.07) is 7.24. The molecule has 0 aliphatic rings. The molecule has 3 rings (SSSR count). The fourth-order valence-electron chi connectivity index (χ4n) is 1.70. The van der Waals surface area contributed by atoms with E-state index in [1.165, 1.54) is 23.4 Å². The molecule has 0 radical (unpaired) electrons. The van der Waals surface area contributed by atoms with Crippen LogP contribution in [-0.4, -0.2) is 35.6 Å². The van der Waals surface area contributed by atoms with Gasteiger partial charge in [0.1, 0.15) is 18.5 Å². The zero-order valence-electron chi connectivity index (χ0n) is 10.2. The zero-order valence-corrected chi connectivity index (χ0v) is 10.2. The van der Waals surface area contributed by atoms with Gasteiger partial charge < -0.3 is 5.11 Å². The lowest BCUT2D eigenvalue weighted by Gasteiger charge is -2.03. The summed E-state index contributed by atoms with van der Waals surface area (Å²) in [5.41, 5.74) is 1.33.